The Morgan fingerprint density at radius 1 is 1.14 bits per heavy atom. The van der Waals surface area contributed by atoms with Crippen LogP contribution in [0, 0.1) is 12.3 Å². The van der Waals surface area contributed by atoms with Gasteiger partial charge in [0.2, 0.25) is 0 Å². The van der Waals surface area contributed by atoms with Crippen molar-refractivity contribution >= 4 is 11.6 Å². The molecule has 1 saturated carbocycles. The van der Waals surface area contributed by atoms with Crippen LogP contribution >= 0.6 is 0 Å². The normalized spacial score (nSPS) is 17.5. The topological polar surface area (TPSA) is 70.1 Å². The molecule has 1 aliphatic rings. The third-order valence-electron chi connectivity index (χ3n) is 4.29. The molecule has 0 aliphatic heterocycles. The van der Waals surface area contributed by atoms with E-state index in [0.717, 1.165) is 49.8 Å². The second-order valence-electron chi connectivity index (χ2n) is 6.18. The lowest BCUT2D eigenvalue weighted by molar-refractivity contribution is 0.0943. The van der Waals surface area contributed by atoms with E-state index >= 15 is 0 Å². The van der Waals surface area contributed by atoms with Crippen molar-refractivity contribution < 1.29 is 5.11 Å². The predicted molar refractivity (Wildman–Crippen MR) is 86.6 cm³/mol. The molecule has 0 radical (unpaired) electrons. The molecule has 1 heterocycles. The zero-order valence-electron chi connectivity index (χ0n) is 13.3. The van der Waals surface area contributed by atoms with Crippen molar-refractivity contribution in [1.82, 2.24) is 9.97 Å². The average Bonchev–Trinajstić information content (AvgIpc) is 2.51. The van der Waals surface area contributed by atoms with Crippen LogP contribution in [0.1, 0.15) is 51.3 Å². The summed E-state index contributed by atoms with van der Waals surface area (Å²) in [6.45, 7) is 5.99. The summed E-state index contributed by atoms with van der Waals surface area (Å²) in [5.74, 6) is 2.48. The van der Waals surface area contributed by atoms with Crippen molar-refractivity contribution in [2.45, 2.75) is 52.4 Å². The molecule has 1 aromatic rings. The zero-order chi connectivity index (χ0) is 15.1. The fourth-order valence-electron chi connectivity index (χ4n) is 2.97. The summed E-state index contributed by atoms with van der Waals surface area (Å²) in [6.07, 6.45) is 6.99. The molecule has 0 aromatic carbocycles. The Hall–Kier alpha value is -1.36. The van der Waals surface area contributed by atoms with Gasteiger partial charge in [0.1, 0.15) is 17.5 Å². The van der Waals surface area contributed by atoms with E-state index < -0.39 is 0 Å². The van der Waals surface area contributed by atoms with E-state index in [2.05, 4.69) is 27.5 Å². The zero-order valence-corrected chi connectivity index (χ0v) is 13.3. The maximum atomic E-state index is 9.76. The van der Waals surface area contributed by atoms with Crippen molar-refractivity contribution in [3.8, 4) is 0 Å². The van der Waals surface area contributed by atoms with E-state index in [4.69, 9.17) is 0 Å². The summed E-state index contributed by atoms with van der Waals surface area (Å²) in [4.78, 5) is 8.84. The summed E-state index contributed by atoms with van der Waals surface area (Å²) < 4.78 is 0. The van der Waals surface area contributed by atoms with Crippen LogP contribution in [0.4, 0.5) is 11.6 Å². The first kappa shape index (κ1) is 16.0. The molecule has 1 aliphatic carbocycles. The summed E-state index contributed by atoms with van der Waals surface area (Å²) in [5, 5.41) is 16.5. The van der Waals surface area contributed by atoms with Gasteiger partial charge in [-0.1, -0.05) is 26.2 Å². The number of hydrogen-bond donors (Lipinski definition) is 3. The molecular weight excluding hydrogens is 264 g/mol. The minimum absolute atomic E-state index is 0.0219. The van der Waals surface area contributed by atoms with Gasteiger partial charge in [-0.15, -0.1) is 0 Å². The van der Waals surface area contributed by atoms with E-state index in [1.807, 2.05) is 13.0 Å². The first-order valence-electron chi connectivity index (χ1n) is 8.12. The third kappa shape index (κ3) is 4.56. The monoisotopic (exact) mass is 292 g/mol. The van der Waals surface area contributed by atoms with Gasteiger partial charge in [0.05, 0.1) is 6.61 Å². The molecule has 5 heteroatoms. The molecule has 5 nitrogen and oxygen atoms in total. The van der Waals surface area contributed by atoms with Crippen molar-refractivity contribution in [1.29, 1.82) is 0 Å². The van der Waals surface area contributed by atoms with Gasteiger partial charge in [-0.05, 0) is 26.2 Å². The van der Waals surface area contributed by atoms with E-state index in [9.17, 15) is 5.11 Å². The number of anilines is 2. The van der Waals surface area contributed by atoms with Gasteiger partial charge >= 0.3 is 0 Å². The number of aromatic nitrogens is 2. The molecule has 0 bridgehead atoms. The molecule has 0 spiro atoms. The van der Waals surface area contributed by atoms with Crippen molar-refractivity contribution in [2.24, 2.45) is 5.41 Å². The van der Waals surface area contributed by atoms with Crippen LogP contribution in [-0.2, 0) is 0 Å². The second kappa shape index (κ2) is 7.59. The molecule has 0 amide bonds. The number of nitrogens with zero attached hydrogens (tertiary/aromatic N) is 2. The van der Waals surface area contributed by atoms with Crippen molar-refractivity contribution in [2.75, 3.05) is 30.3 Å². The Labute approximate surface area is 127 Å². The number of hydrogen-bond acceptors (Lipinski definition) is 5. The summed E-state index contributed by atoms with van der Waals surface area (Å²) >= 11 is 0. The smallest absolute Gasteiger partial charge is 0.131 e. The quantitative estimate of drug-likeness (QED) is 0.721. The van der Waals surface area contributed by atoms with Crippen LogP contribution in [0.2, 0.25) is 0 Å². The predicted octanol–water partition coefficient (Wildman–Crippen LogP) is 2.96. The SMILES string of the molecule is CCCNc1cc(NCC2(CO)CCCCC2)nc(C)n1. The van der Waals surface area contributed by atoms with Gasteiger partial charge in [0.15, 0.2) is 0 Å². The highest BCUT2D eigenvalue weighted by Gasteiger charge is 2.31. The van der Waals surface area contributed by atoms with Gasteiger partial charge in [-0.25, -0.2) is 9.97 Å². The van der Waals surface area contributed by atoms with Crippen LogP contribution in [-0.4, -0.2) is 34.8 Å². The van der Waals surface area contributed by atoms with Gasteiger partial charge < -0.3 is 15.7 Å². The molecule has 0 unspecified atom stereocenters. The Bertz CT molecular complexity index is 444. The van der Waals surface area contributed by atoms with E-state index in [1.165, 1.54) is 19.3 Å². The largest absolute Gasteiger partial charge is 0.396 e. The third-order valence-corrected chi connectivity index (χ3v) is 4.29. The first-order chi connectivity index (χ1) is 10.2. The maximum absolute atomic E-state index is 9.76. The van der Waals surface area contributed by atoms with Crippen LogP contribution in [0.25, 0.3) is 0 Å². The lowest BCUT2D eigenvalue weighted by atomic mass is 9.74. The Morgan fingerprint density at radius 2 is 1.81 bits per heavy atom. The molecule has 21 heavy (non-hydrogen) atoms. The minimum Gasteiger partial charge on any atom is -0.396 e. The average molecular weight is 292 g/mol. The Morgan fingerprint density at radius 3 is 2.43 bits per heavy atom. The van der Waals surface area contributed by atoms with Crippen LogP contribution in [0.15, 0.2) is 6.07 Å². The lowest BCUT2D eigenvalue weighted by Crippen LogP contribution is -2.35. The number of nitrogens with one attached hydrogen (secondary N) is 2. The van der Waals surface area contributed by atoms with Gasteiger partial charge in [0, 0.05) is 24.6 Å². The summed E-state index contributed by atoms with van der Waals surface area (Å²) in [5.41, 5.74) is 0.0219. The maximum Gasteiger partial charge on any atom is 0.131 e. The van der Waals surface area contributed by atoms with E-state index in [-0.39, 0.29) is 12.0 Å². The van der Waals surface area contributed by atoms with Crippen molar-refractivity contribution in [3.63, 3.8) is 0 Å². The fourth-order valence-corrected chi connectivity index (χ4v) is 2.97. The Kier molecular flexibility index (Phi) is 5.79. The molecule has 1 fully saturated rings. The first-order valence-corrected chi connectivity index (χ1v) is 8.12. The summed E-state index contributed by atoms with van der Waals surface area (Å²) in [7, 11) is 0. The molecule has 3 N–H and O–H groups in total. The van der Waals surface area contributed by atoms with Crippen LogP contribution < -0.4 is 10.6 Å². The van der Waals surface area contributed by atoms with Gasteiger partial charge in [-0.2, -0.15) is 0 Å². The van der Waals surface area contributed by atoms with Crippen molar-refractivity contribution in [3.05, 3.63) is 11.9 Å². The fraction of sp³-hybridized carbons (Fsp3) is 0.750. The van der Waals surface area contributed by atoms with Crippen LogP contribution in [0.3, 0.4) is 0 Å². The number of aliphatic hydroxyl groups excluding tert-OH is 1. The molecule has 0 saturated heterocycles. The van der Waals surface area contributed by atoms with Gasteiger partial charge in [0.25, 0.3) is 0 Å². The number of aliphatic hydroxyl groups is 1. The second-order valence-corrected chi connectivity index (χ2v) is 6.18. The molecule has 118 valence electrons. The standard InChI is InChI=1S/C16H28N4O/c1-3-9-17-14-10-15(20-13(2)19-14)18-11-16(12-21)7-5-4-6-8-16/h10,21H,3-9,11-12H2,1-2H3,(H2,17,18,19,20). The summed E-state index contributed by atoms with van der Waals surface area (Å²) in [6, 6.07) is 1.95. The highest BCUT2D eigenvalue weighted by Crippen LogP contribution is 2.35. The highest BCUT2D eigenvalue weighted by atomic mass is 16.3. The lowest BCUT2D eigenvalue weighted by Gasteiger charge is -2.35. The van der Waals surface area contributed by atoms with E-state index in [1.54, 1.807) is 0 Å². The van der Waals surface area contributed by atoms with Gasteiger partial charge in [-0.3, -0.25) is 0 Å². The van der Waals surface area contributed by atoms with Crippen LogP contribution in [0.5, 0.6) is 0 Å². The van der Waals surface area contributed by atoms with E-state index in [0.29, 0.717) is 0 Å². The molecular formula is C16H28N4O. The molecule has 0 atom stereocenters. The molecule has 2 rings (SSSR count). The highest BCUT2D eigenvalue weighted by molar-refractivity contribution is 5.47. The number of aryl methyl sites for hydroxylation is 1. The minimum atomic E-state index is 0.0219. The molecule has 1 aromatic heterocycles. The number of rotatable bonds is 7. The Balaban J connectivity index is 1.99.